The molecule has 10 heteroatoms. The van der Waals surface area contributed by atoms with Crippen molar-refractivity contribution in [1.29, 1.82) is 0 Å². The summed E-state index contributed by atoms with van der Waals surface area (Å²) in [7, 11) is -3.74. The van der Waals surface area contributed by atoms with Gasteiger partial charge in [0.25, 0.3) is 0 Å². The van der Waals surface area contributed by atoms with Gasteiger partial charge in [-0.15, -0.1) is 23.7 Å². The predicted molar refractivity (Wildman–Crippen MR) is 125 cm³/mol. The van der Waals surface area contributed by atoms with Crippen molar-refractivity contribution in [3.8, 4) is 0 Å². The van der Waals surface area contributed by atoms with Gasteiger partial charge in [-0.25, -0.2) is 8.42 Å². The van der Waals surface area contributed by atoms with E-state index < -0.39 is 16.1 Å². The second kappa shape index (κ2) is 9.38. The topological polar surface area (TPSA) is 78.5 Å². The molecule has 0 saturated carbocycles. The van der Waals surface area contributed by atoms with Crippen molar-refractivity contribution in [1.82, 2.24) is 10.0 Å². The zero-order valence-electron chi connectivity index (χ0n) is 16.3. The standard InChI is InChI=1S/C20H22ClN3O3S2.ClH/c1-13-17-4-2-15(12-14(17)6-9-22-13)24-10-7-18(20(24)25)23-29(26,27)11-8-16-3-5-19(21)28-16;/h2-5,8,11-13,18,22-23H,6-7,9-10H2,1H3;1H/b11-8+;/t13?,18-;/m0./s1. The van der Waals surface area contributed by atoms with Crippen LogP contribution in [0.5, 0.6) is 0 Å². The minimum atomic E-state index is -3.74. The molecule has 1 aromatic heterocycles. The van der Waals surface area contributed by atoms with Gasteiger partial charge in [0, 0.05) is 28.6 Å². The van der Waals surface area contributed by atoms with Crippen molar-refractivity contribution in [3.63, 3.8) is 0 Å². The maximum atomic E-state index is 12.8. The van der Waals surface area contributed by atoms with Crippen LogP contribution in [0.25, 0.3) is 6.08 Å². The van der Waals surface area contributed by atoms with Gasteiger partial charge in [-0.05, 0) is 67.8 Å². The first kappa shape index (κ1) is 23.2. The van der Waals surface area contributed by atoms with Crippen molar-refractivity contribution in [3.05, 3.63) is 56.1 Å². The second-order valence-electron chi connectivity index (χ2n) is 7.25. The number of thiophene rings is 1. The molecule has 0 radical (unpaired) electrons. The molecule has 2 aromatic rings. The van der Waals surface area contributed by atoms with Gasteiger partial charge in [0.15, 0.2) is 0 Å². The Hall–Kier alpha value is -1.42. The fraction of sp³-hybridized carbons (Fsp3) is 0.350. The van der Waals surface area contributed by atoms with E-state index in [1.165, 1.54) is 28.5 Å². The molecule has 1 unspecified atom stereocenters. The summed E-state index contributed by atoms with van der Waals surface area (Å²) in [5.74, 6) is -0.219. The van der Waals surface area contributed by atoms with Crippen LogP contribution in [0.3, 0.4) is 0 Å². The normalized spacial score (nSPS) is 21.7. The third-order valence-corrected chi connectivity index (χ3v) is 7.57. The molecule has 1 saturated heterocycles. The SMILES string of the molecule is CC1NCCc2cc(N3CC[C@H](NS(=O)(=O)/C=C/c4ccc(Cl)s4)C3=O)ccc21.Cl. The maximum absolute atomic E-state index is 12.8. The Morgan fingerprint density at radius 1 is 1.30 bits per heavy atom. The molecule has 2 aliphatic rings. The quantitative estimate of drug-likeness (QED) is 0.673. The summed E-state index contributed by atoms with van der Waals surface area (Å²) in [5.41, 5.74) is 3.32. The third-order valence-electron chi connectivity index (χ3n) is 5.27. The highest BCUT2D eigenvalue weighted by Gasteiger charge is 2.35. The molecular weight excluding hydrogens is 465 g/mol. The molecule has 6 nitrogen and oxygen atoms in total. The predicted octanol–water partition coefficient (Wildman–Crippen LogP) is 3.73. The number of benzene rings is 1. The van der Waals surface area contributed by atoms with Crippen LogP contribution in [0.2, 0.25) is 4.34 Å². The van der Waals surface area contributed by atoms with Crippen LogP contribution in [-0.2, 0) is 21.2 Å². The fourth-order valence-electron chi connectivity index (χ4n) is 3.79. The number of hydrogen-bond donors (Lipinski definition) is 2. The molecule has 0 spiro atoms. The summed E-state index contributed by atoms with van der Waals surface area (Å²) in [5, 5.41) is 4.51. The summed E-state index contributed by atoms with van der Waals surface area (Å²) < 4.78 is 27.9. The molecule has 3 heterocycles. The number of nitrogens with one attached hydrogen (secondary N) is 2. The van der Waals surface area contributed by atoms with E-state index >= 15 is 0 Å². The first-order valence-electron chi connectivity index (χ1n) is 9.46. The Bertz CT molecular complexity index is 1070. The van der Waals surface area contributed by atoms with Crippen LogP contribution in [0, 0.1) is 0 Å². The first-order chi connectivity index (χ1) is 13.8. The van der Waals surface area contributed by atoms with Crippen molar-refractivity contribution in [2.75, 3.05) is 18.0 Å². The third kappa shape index (κ3) is 5.07. The van der Waals surface area contributed by atoms with Crippen LogP contribution < -0.4 is 14.9 Å². The highest BCUT2D eigenvalue weighted by molar-refractivity contribution is 7.92. The highest BCUT2D eigenvalue weighted by Crippen LogP contribution is 2.29. The van der Waals surface area contributed by atoms with E-state index in [9.17, 15) is 13.2 Å². The van der Waals surface area contributed by atoms with E-state index in [0.717, 1.165) is 28.9 Å². The minimum absolute atomic E-state index is 0. The summed E-state index contributed by atoms with van der Waals surface area (Å²) in [6, 6.07) is 9.05. The number of fused-ring (bicyclic) bond motifs is 1. The number of rotatable bonds is 5. The molecule has 1 amide bonds. The van der Waals surface area contributed by atoms with Crippen molar-refractivity contribution in [2.45, 2.75) is 31.8 Å². The summed E-state index contributed by atoms with van der Waals surface area (Å²) in [6.07, 6.45) is 2.84. The van der Waals surface area contributed by atoms with Crippen molar-refractivity contribution in [2.24, 2.45) is 0 Å². The molecule has 0 bridgehead atoms. The van der Waals surface area contributed by atoms with Gasteiger partial charge in [-0.2, -0.15) is 4.72 Å². The van der Waals surface area contributed by atoms with Crippen molar-refractivity contribution >= 4 is 63.0 Å². The van der Waals surface area contributed by atoms with Gasteiger partial charge in [0.1, 0.15) is 6.04 Å². The number of carbonyl (C=O) groups excluding carboxylic acids is 1. The molecule has 4 rings (SSSR count). The van der Waals surface area contributed by atoms with Crippen molar-refractivity contribution < 1.29 is 13.2 Å². The maximum Gasteiger partial charge on any atom is 0.245 e. The number of amides is 1. The van der Waals surface area contributed by atoms with Crippen LogP contribution >= 0.6 is 35.3 Å². The second-order valence-corrected chi connectivity index (χ2v) is 10.6. The lowest BCUT2D eigenvalue weighted by atomic mass is 9.94. The largest absolute Gasteiger partial charge is 0.311 e. The zero-order valence-corrected chi connectivity index (χ0v) is 19.5. The lowest BCUT2D eigenvalue weighted by Gasteiger charge is -2.26. The molecule has 1 fully saturated rings. The summed E-state index contributed by atoms with van der Waals surface area (Å²) in [6.45, 7) is 3.53. The minimum Gasteiger partial charge on any atom is -0.311 e. The van der Waals surface area contributed by atoms with E-state index in [0.29, 0.717) is 23.3 Å². The van der Waals surface area contributed by atoms with E-state index in [1.54, 1.807) is 17.0 Å². The summed E-state index contributed by atoms with van der Waals surface area (Å²) in [4.78, 5) is 15.2. The van der Waals surface area contributed by atoms with Gasteiger partial charge in [0.05, 0.1) is 4.34 Å². The Kier molecular flexibility index (Phi) is 7.27. The van der Waals surface area contributed by atoms with Gasteiger partial charge in [0.2, 0.25) is 15.9 Å². The Balaban J connectivity index is 0.00000256. The molecule has 2 aliphatic heterocycles. The van der Waals surface area contributed by atoms with E-state index in [4.69, 9.17) is 11.6 Å². The van der Waals surface area contributed by atoms with E-state index in [-0.39, 0.29) is 18.3 Å². The Morgan fingerprint density at radius 2 is 2.10 bits per heavy atom. The zero-order chi connectivity index (χ0) is 20.6. The monoisotopic (exact) mass is 487 g/mol. The molecule has 2 N–H and O–H groups in total. The van der Waals surface area contributed by atoms with Gasteiger partial charge in [-0.1, -0.05) is 17.7 Å². The molecule has 2 atom stereocenters. The number of anilines is 1. The average molecular weight is 488 g/mol. The van der Waals surface area contributed by atoms with Crippen LogP contribution in [0.4, 0.5) is 5.69 Å². The highest BCUT2D eigenvalue weighted by atomic mass is 35.5. The molecule has 1 aromatic carbocycles. The van der Waals surface area contributed by atoms with Gasteiger partial charge < -0.3 is 10.2 Å². The van der Waals surface area contributed by atoms with Crippen LogP contribution in [-0.4, -0.2) is 33.5 Å². The van der Waals surface area contributed by atoms with Crippen LogP contribution in [0.1, 0.15) is 35.4 Å². The van der Waals surface area contributed by atoms with Gasteiger partial charge >= 0.3 is 0 Å². The molecule has 162 valence electrons. The average Bonchev–Trinajstić information content (AvgIpc) is 3.26. The number of sulfonamides is 1. The smallest absolute Gasteiger partial charge is 0.245 e. The van der Waals surface area contributed by atoms with E-state index in [2.05, 4.69) is 29.1 Å². The number of halogens is 2. The number of hydrogen-bond acceptors (Lipinski definition) is 5. The lowest BCUT2D eigenvalue weighted by molar-refractivity contribution is -0.118. The molecule has 0 aliphatic carbocycles. The Labute approximate surface area is 191 Å². The van der Waals surface area contributed by atoms with Crippen LogP contribution in [0.15, 0.2) is 35.7 Å². The molecule has 30 heavy (non-hydrogen) atoms. The van der Waals surface area contributed by atoms with E-state index in [1.807, 2.05) is 6.07 Å². The fourth-order valence-corrected chi connectivity index (χ4v) is 5.86. The Morgan fingerprint density at radius 3 is 2.83 bits per heavy atom. The first-order valence-corrected chi connectivity index (χ1v) is 12.2. The number of carbonyl (C=O) groups is 1. The molecular formula is C20H23Cl2N3O3S2. The lowest BCUT2D eigenvalue weighted by Crippen LogP contribution is -2.40. The number of nitrogens with zero attached hydrogens (tertiary/aromatic N) is 1. The van der Waals surface area contributed by atoms with Gasteiger partial charge in [-0.3, -0.25) is 4.79 Å². The summed E-state index contributed by atoms with van der Waals surface area (Å²) >= 11 is 7.15.